The molecule has 0 radical (unpaired) electrons. The van der Waals surface area contributed by atoms with Gasteiger partial charge in [-0.15, -0.1) is 11.6 Å². The molecular formula is C15H21ClFNO. The molecule has 0 saturated heterocycles. The Morgan fingerprint density at radius 2 is 2.11 bits per heavy atom. The monoisotopic (exact) mass is 285 g/mol. The highest BCUT2D eigenvalue weighted by Crippen LogP contribution is 2.28. The van der Waals surface area contributed by atoms with Crippen molar-refractivity contribution in [1.29, 1.82) is 0 Å². The van der Waals surface area contributed by atoms with Gasteiger partial charge < -0.3 is 10.1 Å². The molecule has 2 rings (SSSR count). The lowest BCUT2D eigenvalue weighted by molar-refractivity contribution is 0.227. The lowest BCUT2D eigenvalue weighted by Gasteiger charge is -2.11. The zero-order chi connectivity index (χ0) is 13.5. The first-order valence-corrected chi connectivity index (χ1v) is 7.55. The summed E-state index contributed by atoms with van der Waals surface area (Å²) < 4.78 is 18.8. The molecule has 1 aromatic carbocycles. The zero-order valence-electron chi connectivity index (χ0n) is 11.1. The molecule has 1 aromatic rings. The minimum atomic E-state index is -0.185. The second-order valence-electron chi connectivity index (χ2n) is 5.00. The first-order chi connectivity index (χ1) is 9.29. The van der Waals surface area contributed by atoms with Gasteiger partial charge in [0.25, 0.3) is 0 Å². The molecule has 0 aliphatic carbocycles. The van der Waals surface area contributed by atoms with E-state index in [-0.39, 0.29) is 11.9 Å². The minimum Gasteiger partial charge on any atom is -0.488 e. The van der Waals surface area contributed by atoms with E-state index in [1.54, 1.807) is 12.1 Å². The van der Waals surface area contributed by atoms with E-state index in [0.29, 0.717) is 0 Å². The first kappa shape index (κ1) is 14.6. The topological polar surface area (TPSA) is 21.3 Å². The normalized spacial score (nSPS) is 17.3. The van der Waals surface area contributed by atoms with Crippen LogP contribution in [0.3, 0.4) is 0 Å². The Bertz CT molecular complexity index is 400. The molecular weight excluding hydrogens is 265 g/mol. The predicted molar refractivity (Wildman–Crippen MR) is 76.6 cm³/mol. The molecule has 1 heterocycles. The van der Waals surface area contributed by atoms with Crippen LogP contribution in [0.1, 0.15) is 31.2 Å². The van der Waals surface area contributed by atoms with Gasteiger partial charge in [-0.2, -0.15) is 0 Å². The van der Waals surface area contributed by atoms with E-state index < -0.39 is 0 Å². The van der Waals surface area contributed by atoms with Gasteiger partial charge in [-0.3, -0.25) is 0 Å². The summed E-state index contributed by atoms with van der Waals surface area (Å²) >= 11 is 5.62. The third-order valence-electron chi connectivity index (χ3n) is 3.37. The van der Waals surface area contributed by atoms with Gasteiger partial charge in [0, 0.05) is 24.4 Å². The average molecular weight is 286 g/mol. The van der Waals surface area contributed by atoms with Crippen molar-refractivity contribution < 1.29 is 9.13 Å². The molecule has 1 N–H and O–H groups in total. The molecule has 1 aliphatic rings. The van der Waals surface area contributed by atoms with Gasteiger partial charge in [0.15, 0.2) is 0 Å². The van der Waals surface area contributed by atoms with E-state index in [2.05, 4.69) is 5.32 Å². The van der Waals surface area contributed by atoms with Crippen LogP contribution in [0.4, 0.5) is 4.39 Å². The molecule has 0 saturated carbocycles. The summed E-state index contributed by atoms with van der Waals surface area (Å²) in [5.41, 5.74) is 0.980. The van der Waals surface area contributed by atoms with Crippen molar-refractivity contribution in [3.63, 3.8) is 0 Å². The van der Waals surface area contributed by atoms with E-state index in [1.807, 2.05) is 0 Å². The smallest absolute Gasteiger partial charge is 0.123 e. The van der Waals surface area contributed by atoms with Crippen LogP contribution in [0.2, 0.25) is 0 Å². The first-order valence-electron chi connectivity index (χ1n) is 7.01. The third kappa shape index (κ3) is 4.66. The number of nitrogens with one attached hydrogen (secondary N) is 1. The van der Waals surface area contributed by atoms with Crippen LogP contribution in [0.25, 0.3) is 0 Å². The molecule has 19 heavy (non-hydrogen) atoms. The summed E-state index contributed by atoms with van der Waals surface area (Å²) in [5, 5.41) is 3.40. The van der Waals surface area contributed by atoms with Crippen LogP contribution < -0.4 is 10.1 Å². The largest absolute Gasteiger partial charge is 0.488 e. The second-order valence-corrected chi connectivity index (χ2v) is 5.38. The highest BCUT2D eigenvalue weighted by molar-refractivity contribution is 6.17. The fourth-order valence-corrected chi connectivity index (χ4v) is 2.55. The number of halogens is 2. The molecule has 0 bridgehead atoms. The van der Waals surface area contributed by atoms with Gasteiger partial charge in [0.1, 0.15) is 17.7 Å². The number of unbranched alkanes of at least 4 members (excludes halogenated alkanes) is 3. The summed E-state index contributed by atoms with van der Waals surface area (Å²) in [6.07, 6.45) is 5.64. The fraction of sp³-hybridized carbons (Fsp3) is 0.600. The number of hydrogen-bond donors (Lipinski definition) is 1. The Morgan fingerprint density at radius 3 is 2.95 bits per heavy atom. The second kappa shape index (κ2) is 7.71. The van der Waals surface area contributed by atoms with Crippen molar-refractivity contribution in [2.75, 3.05) is 19.0 Å². The van der Waals surface area contributed by atoms with Gasteiger partial charge >= 0.3 is 0 Å². The van der Waals surface area contributed by atoms with Gasteiger partial charge in [0.2, 0.25) is 0 Å². The van der Waals surface area contributed by atoms with Crippen molar-refractivity contribution in [2.45, 2.75) is 38.2 Å². The van der Waals surface area contributed by atoms with Crippen LogP contribution >= 0.6 is 11.6 Å². The van der Waals surface area contributed by atoms with Crippen molar-refractivity contribution in [3.05, 3.63) is 29.6 Å². The van der Waals surface area contributed by atoms with E-state index in [4.69, 9.17) is 16.3 Å². The molecule has 0 fully saturated rings. The van der Waals surface area contributed by atoms with Crippen molar-refractivity contribution in [2.24, 2.45) is 0 Å². The molecule has 0 amide bonds. The van der Waals surface area contributed by atoms with Crippen LogP contribution in [-0.2, 0) is 6.42 Å². The average Bonchev–Trinajstić information content (AvgIpc) is 2.79. The van der Waals surface area contributed by atoms with E-state index in [0.717, 1.165) is 43.1 Å². The van der Waals surface area contributed by atoms with Crippen LogP contribution in [0.15, 0.2) is 18.2 Å². The summed E-state index contributed by atoms with van der Waals surface area (Å²) in [7, 11) is 0. The summed E-state index contributed by atoms with van der Waals surface area (Å²) in [6.45, 7) is 1.83. The molecule has 1 unspecified atom stereocenters. The van der Waals surface area contributed by atoms with Gasteiger partial charge in [-0.25, -0.2) is 4.39 Å². The number of benzene rings is 1. The maximum absolute atomic E-state index is 13.1. The summed E-state index contributed by atoms with van der Waals surface area (Å²) in [5.74, 6) is 1.41. The molecule has 2 nitrogen and oxygen atoms in total. The molecule has 4 heteroatoms. The number of hydrogen-bond acceptors (Lipinski definition) is 2. The number of rotatable bonds is 8. The highest BCUT2D eigenvalue weighted by Gasteiger charge is 2.22. The maximum atomic E-state index is 13.1. The molecule has 1 aliphatic heterocycles. The Balaban J connectivity index is 1.59. The lowest BCUT2D eigenvalue weighted by Crippen LogP contribution is -2.30. The van der Waals surface area contributed by atoms with E-state index >= 15 is 0 Å². The number of alkyl halides is 1. The van der Waals surface area contributed by atoms with Crippen LogP contribution in [0.5, 0.6) is 5.75 Å². The third-order valence-corrected chi connectivity index (χ3v) is 3.64. The number of fused-ring (bicyclic) bond motifs is 1. The highest BCUT2D eigenvalue weighted by atomic mass is 35.5. The van der Waals surface area contributed by atoms with Gasteiger partial charge in [-0.1, -0.05) is 12.8 Å². The molecule has 106 valence electrons. The molecule has 1 atom stereocenters. The Morgan fingerprint density at radius 1 is 1.26 bits per heavy atom. The van der Waals surface area contributed by atoms with Gasteiger partial charge in [0.05, 0.1) is 0 Å². The van der Waals surface area contributed by atoms with Crippen LogP contribution in [-0.4, -0.2) is 25.1 Å². The van der Waals surface area contributed by atoms with Crippen molar-refractivity contribution in [3.8, 4) is 5.75 Å². The predicted octanol–water partition coefficient (Wildman–Crippen LogP) is 3.52. The molecule has 0 spiro atoms. The Kier molecular flexibility index (Phi) is 5.93. The Labute approximate surface area is 119 Å². The zero-order valence-corrected chi connectivity index (χ0v) is 11.9. The Hall–Kier alpha value is -0.800. The SMILES string of the molecule is Fc1ccc2c(c1)CC(CNCCCCCCCl)O2. The fourth-order valence-electron chi connectivity index (χ4n) is 2.36. The summed E-state index contributed by atoms with van der Waals surface area (Å²) in [6, 6.07) is 4.74. The quantitative estimate of drug-likeness (QED) is 0.583. The molecule has 0 aromatic heterocycles. The number of ether oxygens (including phenoxy) is 1. The minimum absolute atomic E-state index is 0.139. The van der Waals surface area contributed by atoms with E-state index in [1.165, 1.54) is 25.3 Å². The van der Waals surface area contributed by atoms with Crippen LogP contribution in [0, 0.1) is 5.82 Å². The van der Waals surface area contributed by atoms with E-state index in [9.17, 15) is 4.39 Å². The standard InChI is InChI=1S/C15H21ClFNO/c16-7-3-1-2-4-8-18-11-14-10-12-9-13(17)5-6-15(12)19-14/h5-6,9,14,18H,1-4,7-8,10-11H2. The maximum Gasteiger partial charge on any atom is 0.123 e. The van der Waals surface area contributed by atoms with Crippen molar-refractivity contribution >= 4 is 11.6 Å². The lowest BCUT2D eigenvalue weighted by atomic mass is 10.1. The summed E-state index contributed by atoms with van der Waals surface area (Å²) in [4.78, 5) is 0. The van der Waals surface area contributed by atoms with Crippen molar-refractivity contribution in [1.82, 2.24) is 5.32 Å². The van der Waals surface area contributed by atoms with Gasteiger partial charge in [-0.05, 0) is 37.6 Å².